The van der Waals surface area contributed by atoms with Crippen molar-refractivity contribution in [2.24, 2.45) is 5.92 Å². The number of aromatic nitrogens is 1. The van der Waals surface area contributed by atoms with Gasteiger partial charge < -0.3 is 5.32 Å². The number of carbonyl (C=O) groups excluding carboxylic acids is 1. The van der Waals surface area contributed by atoms with E-state index in [1.165, 1.54) is 0 Å². The number of nitrogens with one attached hydrogen (secondary N) is 1. The van der Waals surface area contributed by atoms with Crippen LogP contribution in [-0.4, -0.2) is 16.8 Å². The highest BCUT2D eigenvalue weighted by atomic mass is 32.1. The summed E-state index contributed by atoms with van der Waals surface area (Å²) in [7, 11) is 0. The molecule has 4 heteroatoms. The first kappa shape index (κ1) is 11.3. The Labute approximate surface area is 88.6 Å². The minimum Gasteiger partial charge on any atom is -0.301 e. The van der Waals surface area contributed by atoms with Crippen LogP contribution in [0, 0.1) is 5.92 Å². The summed E-state index contributed by atoms with van der Waals surface area (Å²) in [5, 5.41) is 6.12. The molecule has 1 aromatic rings. The Morgan fingerprint density at radius 2 is 2.29 bits per heavy atom. The Kier molecular flexibility index (Phi) is 4.22. The Hall–Kier alpha value is -0.740. The van der Waals surface area contributed by atoms with Gasteiger partial charge in [0.2, 0.25) is 0 Å². The van der Waals surface area contributed by atoms with Gasteiger partial charge in [-0.1, -0.05) is 13.8 Å². The molecule has 0 radical (unpaired) electrons. The third-order valence-corrected chi connectivity index (χ3v) is 2.82. The first-order valence-electron chi connectivity index (χ1n) is 4.76. The molecule has 0 saturated carbocycles. The van der Waals surface area contributed by atoms with E-state index in [0.717, 1.165) is 5.01 Å². The predicted molar refractivity (Wildman–Crippen MR) is 58.3 cm³/mol. The molecule has 1 atom stereocenters. The minimum absolute atomic E-state index is 0.0844. The van der Waals surface area contributed by atoms with Gasteiger partial charge in [-0.2, -0.15) is 0 Å². The molecule has 3 nitrogen and oxygen atoms in total. The highest BCUT2D eigenvalue weighted by Crippen LogP contribution is 2.05. The van der Waals surface area contributed by atoms with E-state index < -0.39 is 0 Å². The van der Waals surface area contributed by atoms with Gasteiger partial charge in [-0.15, -0.1) is 11.3 Å². The van der Waals surface area contributed by atoms with E-state index in [-0.39, 0.29) is 17.7 Å². The quantitative estimate of drug-likeness (QED) is 0.810. The molecule has 0 aliphatic rings. The zero-order valence-electron chi connectivity index (χ0n) is 8.78. The van der Waals surface area contributed by atoms with Crippen molar-refractivity contribution < 1.29 is 4.79 Å². The van der Waals surface area contributed by atoms with Gasteiger partial charge in [0, 0.05) is 24.0 Å². The summed E-state index contributed by atoms with van der Waals surface area (Å²) in [4.78, 5) is 15.7. The van der Waals surface area contributed by atoms with Crippen molar-refractivity contribution in [3.05, 3.63) is 16.6 Å². The second-order valence-electron chi connectivity index (χ2n) is 3.59. The van der Waals surface area contributed by atoms with E-state index in [1.54, 1.807) is 17.5 Å². The summed E-state index contributed by atoms with van der Waals surface area (Å²) < 4.78 is 0. The number of nitrogens with zero attached hydrogens (tertiary/aromatic N) is 1. The van der Waals surface area contributed by atoms with Crippen LogP contribution in [0.15, 0.2) is 11.6 Å². The van der Waals surface area contributed by atoms with Crippen molar-refractivity contribution in [2.75, 3.05) is 0 Å². The molecule has 0 amide bonds. The van der Waals surface area contributed by atoms with Crippen molar-refractivity contribution in [1.29, 1.82) is 0 Å². The normalized spacial score (nSPS) is 13.1. The van der Waals surface area contributed by atoms with E-state index in [2.05, 4.69) is 10.3 Å². The standard InChI is InChI=1S/C10H16N2OS/c1-7(2)10(13)8(3)12-6-9-11-4-5-14-9/h4-5,7-8,12H,6H2,1-3H3. The van der Waals surface area contributed by atoms with Gasteiger partial charge in [0.25, 0.3) is 0 Å². The maximum atomic E-state index is 11.5. The highest BCUT2D eigenvalue weighted by Gasteiger charge is 2.15. The molecule has 14 heavy (non-hydrogen) atoms. The lowest BCUT2D eigenvalue weighted by Crippen LogP contribution is -2.35. The van der Waals surface area contributed by atoms with E-state index in [4.69, 9.17) is 0 Å². The fraction of sp³-hybridized carbons (Fsp3) is 0.600. The average molecular weight is 212 g/mol. The van der Waals surface area contributed by atoms with Crippen molar-refractivity contribution in [2.45, 2.75) is 33.4 Å². The van der Waals surface area contributed by atoms with Crippen LogP contribution >= 0.6 is 11.3 Å². The number of carbonyl (C=O) groups is 1. The molecule has 0 fully saturated rings. The Balaban J connectivity index is 2.35. The summed E-state index contributed by atoms with van der Waals surface area (Å²) in [6.45, 7) is 6.42. The second kappa shape index (κ2) is 5.22. The maximum Gasteiger partial charge on any atom is 0.151 e. The molecule has 1 heterocycles. The molecule has 1 aromatic heterocycles. The molecule has 0 spiro atoms. The number of Topliss-reactive ketones (excluding diaryl/α,β-unsaturated/α-hetero) is 1. The third-order valence-electron chi connectivity index (χ3n) is 2.04. The summed E-state index contributed by atoms with van der Waals surface area (Å²) >= 11 is 1.60. The molecule has 1 N–H and O–H groups in total. The van der Waals surface area contributed by atoms with E-state index in [1.807, 2.05) is 26.2 Å². The van der Waals surface area contributed by atoms with Crippen LogP contribution in [0.3, 0.4) is 0 Å². The number of rotatable bonds is 5. The number of hydrogen-bond acceptors (Lipinski definition) is 4. The summed E-state index contributed by atoms with van der Waals surface area (Å²) in [5.74, 6) is 0.343. The van der Waals surface area contributed by atoms with E-state index in [9.17, 15) is 4.79 Å². The van der Waals surface area contributed by atoms with Gasteiger partial charge in [0.05, 0.1) is 6.04 Å². The van der Waals surface area contributed by atoms with E-state index in [0.29, 0.717) is 6.54 Å². The zero-order valence-corrected chi connectivity index (χ0v) is 9.60. The molecule has 0 aliphatic heterocycles. The average Bonchev–Trinajstić information content (AvgIpc) is 2.65. The van der Waals surface area contributed by atoms with E-state index >= 15 is 0 Å². The fourth-order valence-electron chi connectivity index (χ4n) is 1.18. The lowest BCUT2D eigenvalue weighted by atomic mass is 10.0. The van der Waals surface area contributed by atoms with Gasteiger partial charge in [-0.3, -0.25) is 4.79 Å². The maximum absolute atomic E-state index is 11.5. The molecule has 0 aliphatic carbocycles. The molecular formula is C10H16N2OS. The third kappa shape index (κ3) is 3.20. The Bertz CT molecular complexity index is 282. The first-order chi connectivity index (χ1) is 6.61. The summed E-state index contributed by atoms with van der Waals surface area (Å²) in [6, 6.07) is -0.0844. The monoisotopic (exact) mass is 212 g/mol. The lowest BCUT2D eigenvalue weighted by Gasteiger charge is -2.13. The number of thiazole rings is 1. The van der Waals surface area contributed by atoms with Crippen molar-refractivity contribution >= 4 is 17.1 Å². The van der Waals surface area contributed by atoms with Crippen molar-refractivity contribution in [3.63, 3.8) is 0 Å². The highest BCUT2D eigenvalue weighted by molar-refractivity contribution is 7.09. The smallest absolute Gasteiger partial charge is 0.151 e. The second-order valence-corrected chi connectivity index (χ2v) is 4.56. The molecule has 0 aromatic carbocycles. The van der Waals surface area contributed by atoms with Crippen LogP contribution in [0.4, 0.5) is 0 Å². The predicted octanol–water partition coefficient (Wildman–Crippen LogP) is 1.85. The molecule has 1 unspecified atom stereocenters. The van der Waals surface area contributed by atoms with Gasteiger partial charge in [-0.25, -0.2) is 4.98 Å². The van der Waals surface area contributed by atoms with Gasteiger partial charge in [0.15, 0.2) is 5.78 Å². The molecular weight excluding hydrogens is 196 g/mol. The minimum atomic E-state index is -0.0844. The van der Waals surface area contributed by atoms with Crippen LogP contribution in [-0.2, 0) is 11.3 Å². The summed E-state index contributed by atoms with van der Waals surface area (Å²) in [5.41, 5.74) is 0. The van der Waals surface area contributed by atoms with Gasteiger partial charge in [0.1, 0.15) is 5.01 Å². The van der Waals surface area contributed by atoms with Crippen LogP contribution in [0.1, 0.15) is 25.8 Å². The lowest BCUT2D eigenvalue weighted by molar-refractivity contribution is -0.123. The van der Waals surface area contributed by atoms with Crippen LogP contribution in [0.2, 0.25) is 0 Å². The molecule has 0 saturated heterocycles. The zero-order chi connectivity index (χ0) is 10.6. The van der Waals surface area contributed by atoms with Crippen molar-refractivity contribution in [1.82, 2.24) is 10.3 Å². The topological polar surface area (TPSA) is 42.0 Å². The van der Waals surface area contributed by atoms with Gasteiger partial charge >= 0.3 is 0 Å². The summed E-state index contributed by atoms with van der Waals surface area (Å²) in [6.07, 6.45) is 1.77. The molecule has 1 rings (SSSR count). The van der Waals surface area contributed by atoms with Crippen molar-refractivity contribution in [3.8, 4) is 0 Å². The SMILES string of the molecule is CC(C)C(=O)C(C)NCc1nccs1. The molecule has 0 bridgehead atoms. The molecule has 78 valence electrons. The van der Waals surface area contributed by atoms with Crippen LogP contribution < -0.4 is 5.32 Å². The van der Waals surface area contributed by atoms with Gasteiger partial charge in [-0.05, 0) is 6.92 Å². The van der Waals surface area contributed by atoms with Crippen LogP contribution in [0.5, 0.6) is 0 Å². The Morgan fingerprint density at radius 1 is 1.57 bits per heavy atom. The number of ketones is 1. The van der Waals surface area contributed by atoms with Crippen LogP contribution in [0.25, 0.3) is 0 Å². The fourth-order valence-corrected chi connectivity index (χ4v) is 1.75. The number of hydrogen-bond donors (Lipinski definition) is 1. The largest absolute Gasteiger partial charge is 0.301 e. The first-order valence-corrected chi connectivity index (χ1v) is 5.64. The Morgan fingerprint density at radius 3 is 2.79 bits per heavy atom.